The van der Waals surface area contributed by atoms with Gasteiger partial charge in [-0.2, -0.15) is 26.3 Å². The molecule has 15 heteroatoms. The Labute approximate surface area is 273 Å². The second kappa shape index (κ2) is 15.5. The number of carbonyl (C=O) groups excluding carboxylic acids is 1. The van der Waals surface area contributed by atoms with Crippen LogP contribution in [0.5, 0.6) is 0 Å². The van der Waals surface area contributed by atoms with Gasteiger partial charge in [-0.3, -0.25) is 9.69 Å². The van der Waals surface area contributed by atoms with Crippen LogP contribution in [-0.2, 0) is 33.3 Å². The zero-order valence-electron chi connectivity index (χ0n) is 25.1. The highest BCUT2D eigenvalue weighted by Crippen LogP contribution is 2.37. The van der Waals surface area contributed by atoms with Crippen molar-refractivity contribution in [2.75, 3.05) is 39.9 Å². The first-order chi connectivity index (χ1) is 21.7. The molecule has 0 spiro atoms. The smallest absolute Gasteiger partial charge is 0.399 e. The van der Waals surface area contributed by atoms with Gasteiger partial charge in [0, 0.05) is 12.0 Å². The van der Waals surface area contributed by atoms with E-state index in [2.05, 4.69) is 15.0 Å². The van der Waals surface area contributed by atoms with E-state index >= 15 is 0 Å². The van der Waals surface area contributed by atoms with Crippen molar-refractivity contribution in [1.82, 2.24) is 9.80 Å². The zero-order valence-corrected chi connectivity index (χ0v) is 26.7. The summed E-state index contributed by atoms with van der Waals surface area (Å²) in [6.45, 7) is 2.33. The molecule has 2 atom stereocenters. The number of halogens is 8. The lowest BCUT2D eigenvalue weighted by molar-refractivity contribution is -0.143. The van der Waals surface area contributed by atoms with E-state index in [9.17, 15) is 31.1 Å². The zero-order chi connectivity index (χ0) is 33.6. The third-order valence-electron chi connectivity index (χ3n) is 8.51. The van der Waals surface area contributed by atoms with E-state index < -0.39 is 36.0 Å². The average Bonchev–Trinajstić information content (AvgIpc) is 3.49. The molecule has 2 aliphatic rings. The molecular weight excluding hydrogens is 661 g/mol. The molecule has 2 heterocycles. The third-order valence-corrected chi connectivity index (χ3v) is 9.24. The molecule has 4 rings (SSSR count). The first-order valence-electron chi connectivity index (χ1n) is 14.9. The van der Waals surface area contributed by atoms with Crippen LogP contribution in [0.3, 0.4) is 0 Å². The first kappa shape index (κ1) is 36.3. The fourth-order valence-corrected chi connectivity index (χ4v) is 6.56. The number of piperidine rings is 1. The topological polar surface area (TPSA) is 80.4 Å². The van der Waals surface area contributed by atoms with Crippen LogP contribution >= 0.6 is 23.2 Å². The summed E-state index contributed by atoms with van der Waals surface area (Å²) < 4.78 is 85.7. The Morgan fingerprint density at radius 2 is 1.63 bits per heavy atom. The molecule has 2 saturated heterocycles. The molecule has 1 amide bonds. The minimum absolute atomic E-state index is 0.0750. The van der Waals surface area contributed by atoms with Gasteiger partial charge in [0.25, 0.3) is 0 Å². The molecule has 2 N–H and O–H groups in total. The molecule has 2 aromatic rings. The maximum atomic E-state index is 13.3. The predicted octanol–water partition coefficient (Wildman–Crippen LogP) is 7.14. The number of ether oxygens (including phenoxy) is 1. The van der Waals surface area contributed by atoms with E-state index in [0.717, 1.165) is 50.9 Å². The second-order valence-corrected chi connectivity index (χ2v) is 12.4. The van der Waals surface area contributed by atoms with Crippen LogP contribution in [-0.4, -0.2) is 73.4 Å². The van der Waals surface area contributed by atoms with Crippen molar-refractivity contribution in [3.63, 3.8) is 0 Å². The van der Waals surface area contributed by atoms with Crippen molar-refractivity contribution in [2.45, 2.75) is 69.1 Å². The normalized spacial score (nSPS) is 19.8. The van der Waals surface area contributed by atoms with Crippen molar-refractivity contribution in [1.29, 1.82) is 0 Å². The molecule has 2 fully saturated rings. The number of amides is 1. The molecule has 2 aliphatic heterocycles. The lowest BCUT2D eigenvalue weighted by Crippen LogP contribution is -2.50. The van der Waals surface area contributed by atoms with Crippen molar-refractivity contribution < 1.29 is 40.7 Å². The fraction of sp³-hybridized carbons (Fsp3) is 0.548. The Kier molecular flexibility index (Phi) is 12.3. The van der Waals surface area contributed by atoms with Gasteiger partial charge < -0.3 is 20.2 Å². The molecule has 0 saturated carbocycles. The average molecular weight is 698 g/mol. The lowest BCUT2D eigenvalue weighted by Gasteiger charge is -2.39. The Bertz CT molecular complexity index is 1350. The van der Waals surface area contributed by atoms with Crippen LogP contribution in [0.25, 0.3) is 0 Å². The van der Waals surface area contributed by atoms with Gasteiger partial charge in [-0.15, -0.1) is 0 Å². The van der Waals surface area contributed by atoms with E-state index in [4.69, 9.17) is 38.5 Å². The summed E-state index contributed by atoms with van der Waals surface area (Å²) in [6.07, 6.45) is -5.93. The van der Waals surface area contributed by atoms with Gasteiger partial charge in [0.2, 0.25) is 5.91 Å². The van der Waals surface area contributed by atoms with Crippen molar-refractivity contribution >= 4 is 34.8 Å². The molecule has 2 unspecified atom stereocenters. The first-order valence-corrected chi connectivity index (χ1v) is 15.6. The van der Waals surface area contributed by atoms with Gasteiger partial charge in [-0.05, 0) is 99.7 Å². The highest BCUT2D eigenvalue weighted by atomic mass is 35.5. The molecule has 254 valence electrons. The van der Waals surface area contributed by atoms with Crippen LogP contribution in [0.15, 0.2) is 41.6 Å². The second-order valence-electron chi connectivity index (χ2n) is 11.6. The Hall–Kier alpha value is -2.58. The van der Waals surface area contributed by atoms with Crippen LogP contribution in [0.1, 0.15) is 60.3 Å². The minimum atomic E-state index is -4.97. The standard InChI is InChI=1S/C31H36Cl2F6N4O3/c1-45-41-27(18-46-17-19-13-21(30(34,35)36)16-22(14-19)31(37,38)39)24(20-4-5-25(32)26(33)15-20)8-12-42-10-6-23(7-11-42)43-9-2-3-28(43)29(40)44/h4-5,13-16,23-24,28H,2-3,6-12,17-18H2,1H3,(H2,40,44)/b41-27+. The number of rotatable bonds is 12. The van der Waals surface area contributed by atoms with Crippen molar-refractivity contribution in [3.8, 4) is 0 Å². The largest absolute Gasteiger partial charge is 0.416 e. The van der Waals surface area contributed by atoms with Gasteiger partial charge in [-0.1, -0.05) is 34.4 Å². The third kappa shape index (κ3) is 9.50. The molecule has 0 aromatic heterocycles. The minimum Gasteiger partial charge on any atom is -0.399 e. The summed E-state index contributed by atoms with van der Waals surface area (Å²) in [5.74, 6) is -0.706. The number of oxime groups is 1. The molecule has 0 aliphatic carbocycles. The molecule has 0 radical (unpaired) electrons. The number of carbonyl (C=O) groups is 1. The molecule has 0 bridgehead atoms. The summed E-state index contributed by atoms with van der Waals surface area (Å²) in [5.41, 5.74) is 3.61. The SMILES string of the molecule is CO/N=C(\COCc1cc(C(F)(F)F)cc(C(F)(F)F)c1)C(CCN1CCC(N2CCCC2C(N)=O)CC1)c1ccc(Cl)c(Cl)c1. The summed E-state index contributed by atoms with van der Waals surface area (Å²) in [6, 6.07) is 6.49. The number of nitrogens with two attached hydrogens (primary N) is 1. The van der Waals surface area contributed by atoms with Crippen LogP contribution in [0.2, 0.25) is 10.0 Å². The Morgan fingerprint density at radius 1 is 0.978 bits per heavy atom. The number of likely N-dealkylation sites (tertiary alicyclic amines) is 2. The predicted molar refractivity (Wildman–Crippen MR) is 163 cm³/mol. The molecule has 46 heavy (non-hydrogen) atoms. The summed E-state index contributed by atoms with van der Waals surface area (Å²) in [7, 11) is 1.33. The van der Waals surface area contributed by atoms with E-state index in [0.29, 0.717) is 40.9 Å². The van der Waals surface area contributed by atoms with E-state index in [-0.39, 0.29) is 36.2 Å². The van der Waals surface area contributed by atoms with E-state index in [1.54, 1.807) is 18.2 Å². The molecule has 7 nitrogen and oxygen atoms in total. The van der Waals surface area contributed by atoms with Gasteiger partial charge in [0.15, 0.2) is 0 Å². The monoisotopic (exact) mass is 696 g/mol. The quantitative estimate of drug-likeness (QED) is 0.145. The van der Waals surface area contributed by atoms with Crippen LogP contribution in [0, 0.1) is 0 Å². The number of benzene rings is 2. The summed E-state index contributed by atoms with van der Waals surface area (Å²) in [4.78, 5) is 21.5. The maximum absolute atomic E-state index is 13.3. The fourth-order valence-electron chi connectivity index (χ4n) is 6.26. The maximum Gasteiger partial charge on any atom is 0.416 e. The number of nitrogens with zero attached hydrogens (tertiary/aromatic N) is 3. The highest BCUT2D eigenvalue weighted by molar-refractivity contribution is 6.42. The van der Waals surface area contributed by atoms with Gasteiger partial charge >= 0.3 is 12.4 Å². The van der Waals surface area contributed by atoms with E-state index in [1.165, 1.54) is 7.11 Å². The van der Waals surface area contributed by atoms with Gasteiger partial charge in [0.05, 0.1) is 46.1 Å². The number of hydrogen-bond acceptors (Lipinski definition) is 6. The Morgan fingerprint density at radius 3 is 2.20 bits per heavy atom. The summed E-state index contributed by atoms with van der Waals surface area (Å²) >= 11 is 12.5. The number of hydrogen-bond donors (Lipinski definition) is 1. The number of primary amides is 1. The van der Waals surface area contributed by atoms with Gasteiger partial charge in [-0.25, -0.2) is 0 Å². The molecule has 2 aromatic carbocycles. The van der Waals surface area contributed by atoms with Crippen molar-refractivity contribution in [3.05, 3.63) is 68.7 Å². The Balaban J connectivity index is 1.46. The van der Waals surface area contributed by atoms with Crippen molar-refractivity contribution in [2.24, 2.45) is 10.9 Å². The van der Waals surface area contributed by atoms with E-state index in [1.807, 2.05) is 0 Å². The number of alkyl halides is 6. The molecular formula is C31H36Cl2F6N4O3. The summed E-state index contributed by atoms with van der Waals surface area (Å²) in [5, 5.41) is 4.79. The lowest BCUT2D eigenvalue weighted by atomic mass is 9.90. The van der Waals surface area contributed by atoms with Crippen LogP contribution in [0.4, 0.5) is 26.3 Å². The van der Waals surface area contributed by atoms with Crippen LogP contribution < -0.4 is 5.73 Å². The highest BCUT2D eigenvalue weighted by Gasteiger charge is 2.38. The van der Waals surface area contributed by atoms with Gasteiger partial charge in [0.1, 0.15) is 7.11 Å².